The molecule has 1 aliphatic rings. The van der Waals surface area contributed by atoms with Gasteiger partial charge in [0.1, 0.15) is 23.9 Å². The molecule has 1 aromatic carbocycles. The molecular formula is C27H27FN6O3. The van der Waals surface area contributed by atoms with Crippen LogP contribution in [0, 0.1) is 5.82 Å². The van der Waals surface area contributed by atoms with Crippen LogP contribution in [-0.2, 0) is 29.7 Å². The molecule has 0 aliphatic carbocycles. The minimum absolute atomic E-state index is 0.115. The molecule has 0 radical (unpaired) electrons. The highest BCUT2D eigenvalue weighted by Crippen LogP contribution is 2.38. The number of aryl methyl sites for hydroxylation is 1. The molecule has 3 aromatic heterocycles. The molecule has 4 aromatic rings. The van der Waals surface area contributed by atoms with E-state index in [1.54, 1.807) is 29.0 Å². The largest absolute Gasteiger partial charge is 0.490 e. The van der Waals surface area contributed by atoms with Crippen LogP contribution in [0.25, 0.3) is 33.8 Å². The van der Waals surface area contributed by atoms with Crippen molar-refractivity contribution in [1.29, 1.82) is 0 Å². The Hall–Kier alpha value is -4.31. The predicted octanol–water partition coefficient (Wildman–Crippen LogP) is 3.71. The van der Waals surface area contributed by atoms with E-state index in [0.717, 1.165) is 22.5 Å². The number of halogens is 1. The van der Waals surface area contributed by atoms with E-state index in [0.29, 0.717) is 48.9 Å². The minimum Gasteiger partial charge on any atom is -0.490 e. The van der Waals surface area contributed by atoms with Gasteiger partial charge in [-0.2, -0.15) is 10.2 Å². The zero-order chi connectivity index (χ0) is 25.9. The highest BCUT2D eigenvalue weighted by Gasteiger charge is 2.24. The van der Waals surface area contributed by atoms with Crippen molar-refractivity contribution in [3.63, 3.8) is 0 Å². The first-order valence-corrected chi connectivity index (χ1v) is 11.9. The summed E-state index contributed by atoms with van der Waals surface area (Å²) in [7, 11) is 3.43. The topological polar surface area (TPSA) is 87.3 Å². The predicted molar refractivity (Wildman–Crippen MR) is 136 cm³/mol. The third-order valence-electron chi connectivity index (χ3n) is 6.20. The molecule has 0 unspecified atom stereocenters. The fourth-order valence-electron chi connectivity index (χ4n) is 4.36. The van der Waals surface area contributed by atoms with Crippen LogP contribution in [0.4, 0.5) is 4.39 Å². The maximum atomic E-state index is 14.2. The molecule has 10 heteroatoms. The molecule has 190 valence electrons. The highest BCUT2D eigenvalue weighted by atomic mass is 19.1. The number of rotatable bonds is 8. The van der Waals surface area contributed by atoms with Crippen molar-refractivity contribution in [3.05, 3.63) is 73.0 Å². The lowest BCUT2D eigenvalue weighted by Gasteiger charge is -2.26. The fraction of sp³-hybridized carbons (Fsp3) is 0.259. The SMILES string of the molecule is C=CC(=O)N1CCn2nc(-c3nc(-c4cnn(C)c4)ccc3-c3ccc(F)cc3OCCOC)cc2C1. The number of nitrogens with zero attached hydrogens (tertiary/aromatic N) is 6. The van der Waals surface area contributed by atoms with Gasteiger partial charge in [-0.05, 0) is 36.4 Å². The molecule has 0 atom stereocenters. The summed E-state index contributed by atoms with van der Waals surface area (Å²) in [6, 6.07) is 10.2. The molecule has 0 N–H and O–H groups in total. The minimum atomic E-state index is -0.401. The Morgan fingerprint density at radius 2 is 1.97 bits per heavy atom. The standard InChI is InChI=1S/C27H27FN6O3/c1-4-26(35)33-9-10-34-20(17-33)14-24(31-34)27-22(7-8-23(30-27)18-15-29-32(2)16-18)21-6-5-19(28)13-25(21)37-12-11-36-3/h4-8,13-16H,1,9-12,17H2,2-3H3. The number of amides is 1. The first-order valence-electron chi connectivity index (χ1n) is 11.9. The molecule has 0 saturated heterocycles. The lowest BCUT2D eigenvalue weighted by Crippen LogP contribution is -2.37. The number of pyridine rings is 1. The Balaban J connectivity index is 1.62. The first-order chi connectivity index (χ1) is 18.0. The lowest BCUT2D eigenvalue weighted by molar-refractivity contribution is -0.127. The molecule has 1 aliphatic heterocycles. The van der Waals surface area contributed by atoms with Gasteiger partial charge in [0, 0.05) is 49.7 Å². The van der Waals surface area contributed by atoms with Crippen LogP contribution in [0.3, 0.4) is 0 Å². The maximum Gasteiger partial charge on any atom is 0.246 e. The monoisotopic (exact) mass is 502 g/mol. The van der Waals surface area contributed by atoms with E-state index in [9.17, 15) is 9.18 Å². The van der Waals surface area contributed by atoms with Gasteiger partial charge in [0.2, 0.25) is 5.91 Å². The van der Waals surface area contributed by atoms with Gasteiger partial charge in [0.25, 0.3) is 0 Å². The molecule has 0 bridgehead atoms. The van der Waals surface area contributed by atoms with Gasteiger partial charge in [-0.3, -0.25) is 14.2 Å². The smallest absolute Gasteiger partial charge is 0.246 e. The van der Waals surface area contributed by atoms with Crippen LogP contribution in [-0.4, -0.2) is 62.2 Å². The van der Waals surface area contributed by atoms with Crippen LogP contribution in [0.15, 0.2) is 61.4 Å². The summed E-state index contributed by atoms with van der Waals surface area (Å²) < 4.78 is 28.8. The van der Waals surface area contributed by atoms with Crippen LogP contribution >= 0.6 is 0 Å². The molecule has 5 rings (SSSR count). The van der Waals surface area contributed by atoms with Crippen molar-refractivity contribution in [2.75, 3.05) is 26.9 Å². The third-order valence-corrected chi connectivity index (χ3v) is 6.20. The van der Waals surface area contributed by atoms with Crippen LogP contribution < -0.4 is 4.74 Å². The fourth-order valence-corrected chi connectivity index (χ4v) is 4.36. The molecule has 0 fully saturated rings. The highest BCUT2D eigenvalue weighted by molar-refractivity contribution is 5.87. The number of methoxy groups -OCH3 is 1. The number of hydrogen-bond acceptors (Lipinski definition) is 6. The summed E-state index contributed by atoms with van der Waals surface area (Å²) >= 11 is 0. The van der Waals surface area contributed by atoms with Crippen LogP contribution in [0.2, 0.25) is 0 Å². The number of hydrogen-bond donors (Lipinski definition) is 0. The van der Waals surface area contributed by atoms with Crippen molar-refractivity contribution in [3.8, 4) is 39.5 Å². The Kier molecular flexibility index (Phi) is 6.82. The van der Waals surface area contributed by atoms with E-state index >= 15 is 0 Å². The average Bonchev–Trinajstić information content (AvgIpc) is 3.54. The third kappa shape index (κ3) is 5.01. The summed E-state index contributed by atoms with van der Waals surface area (Å²) in [4.78, 5) is 18.9. The summed E-state index contributed by atoms with van der Waals surface area (Å²) in [6.07, 6.45) is 4.96. The van der Waals surface area contributed by atoms with E-state index in [1.165, 1.54) is 18.2 Å². The summed E-state index contributed by atoms with van der Waals surface area (Å²) in [5.74, 6) is -0.126. The molecule has 0 spiro atoms. The lowest BCUT2D eigenvalue weighted by atomic mass is 9.99. The second-order valence-electron chi connectivity index (χ2n) is 8.69. The Labute approximate surface area is 213 Å². The number of carbonyl (C=O) groups excluding carboxylic acids is 1. The zero-order valence-corrected chi connectivity index (χ0v) is 20.7. The van der Waals surface area contributed by atoms with E-state index in [4.69, 9.17) is 19.6 Å². The molecular weight excluding hydrogens is 475 g/mol. The van der Waals surface area contributed by atoms with Gasteiger partial charge in [-0.1, -0.05) is 6.58 Å². The summed E-state index contributed by atoms with van der Waals surface area (Å²) in [5.41, 5.74) is 5.18. The Bertz CT molecular complexity index is 1460. The number of ether oxygens (including phenoxy) is 2. The van der Waals surface area contributed by atoms with E-state index in [1.807, 2.05) is 36.1 Å². The second kappa shape index (κ2) is 10.4. The van der Waals surface area contributed by atoms with Crippen molar-refractivity contribution in [2.24, 2.45) is 7.05 Å². The molecule has 1 amide bonds. The van der Waals surface area contributed by atoms with E-state index in [-0.39, 0.29) is 12.5 Å². The van der Waals surface area contributed by atoms with E-state index in [2.05, 4.69) is 11.7 Å². The van der Waals surface area contributed by atoms with E-state index < -0.39 is 5.82 Å². The summed E-state index contributed by atoms with van der Waals surface area (Å²) in [5, 5.41) is 9.09. The van der Waals surface area contributed by atoms with Crippen molar-refractivity contribution in [2.45, 2.75) is 13.1 Å². The van der Waals surface area contributed by atoms with Gasteiger partial charge < -0.3 is 14.4 Å². The average molecular weight is 503 g/mol. The van der Waals surface area contributed by atoms with Gasteiger partial charge >= 0.3 is 0 Å². The second-order valence-corrected chi connectivity index (χ2v) is 8.69. The summed E-state index contributed by atoms with van der Waals surface area (Å²) in [6.45, 7) is 5.78. The molecule has 4 heterocycles. The Morgan fingerprint density at radius 1 is 1.14 bits per heavy atom. The number of aromatic nitrogens is 5. The Morgan fingerprint density at radius 3 is 2.73 bits per heavy atom. The van der Waals surface area contributed by atoms with Gasteiger partial charge in [0.15, 0.2) is 0 Å². The quantitative estimate of drug-likeness (QED) is 0.270. The first kappa shape index (κ1) is 24.4. The van der Waals surface area contributed by atoms with Gasteiger partial charge in [-0.15, -0.1) is 0 Å². The number of benzene rings is 1. The number of carbonyl (C=O) groups is 1. The van der Waals surface area contributed by atoms with Crippen molar-refractivity contribution < 1.29 is 18.7 Å². The van der Waals surface area contributed by atoms with Crippen molar-refractivity contribution >= 4 is 5.91 Å². The molecule has 0 saturated carbocycles. The van der Waals surface area contributed by atoms with Crippen LogP contribution in [0.1, 0.15) is 5.69 Å². The normalized spacial score (nSPS) is 12.9. The molecule has 9 nitrogen and oxygen atoms in total. The van der Waals surface area contributed by atoms with Crippen LogP contribution in [0.5, 0.6) is 5.75 Å². The number of fused-ring (bicyclic) bond motifs is 1. The van der Waals surface area contributed by atoms with Gasteiger partial charge in [-0.25, -0.2) is 9.37 Å². The van der Waals surface area contributed by atoms with Gasteiger partial charge in [0.05, 0.1) is 43.0 Å². The molecule has 37 heavy (non-hydrogen) atoms. The zero-order valence-electron chi connectivity index (χ0n) is 20.7. The van der Waals surface area contributed by atoms with Crippen molar-refractivity contribution in [1.82, 2.24) is 29.4 Å². The maximum absolute atomic E-state index is 14.2.